The molecule has 0 radical (unpaired) electrons. The molecule has 0 aliphatic carbocycles. The molecule has 0 saturated heterocycles. The fourth-order valence-corrected chi connectivity index (χ4v) is 5.40. The minimum Gasteiger partial charge on any atom is -0.497 e. The number of nitrogens with one attached hydrogen (secondary N) is 1. The van der Waals surface area contributed by atoms with Gasteiger partial charge in [0.05, 0.1) is 36.4 Å². The third-order valence-electron chi connectivity index (χ3n) is 5.30. The number of benzene rings is 2. The first-order valence-electron chi connectivity index (χ1n) is 10.8. The molecule has 0 spiro atoms. The number of hydrogen-bond acceptors (Lipinski definition) is 7. The second-order valence-corrected chi connectivity index (χ2v) is 9.48. The van der Waals surface area contributed by atoms with Crippen LogP contribution in [-0.4, -0.2) is 50.3 Å². The van der Waals surface area contributed by atoms with E-state index in [1.165, 1.54) is 17.9 Å². The van der Waals surface area contributed by atoms with Crippen LogP contribution < -0.4 is 14.4 Å². The zero-order chi connectivity index (χ0) is 25.8. The number of aromatic nitrogens is 2. The first-order valence-corrected chi connectivity index (χ1v) is 12.3. The summed E-state index contributed by atoms with van der Waals surface area (Å²) in [5.41, 5.74) is 1.66. The number of amides is 1. The Kier molecular flexibility index (Phi) is 7.80. The molecule has 1 heterocycles. The van der Waals surface area contributed by atoms with Crippen LogP contribution in [0.3, 0.4) is 0 Å². The SMILES string of the molecule is CCOC(=O)c1cccc(NC(=O)CN(c2ccc(OC)cc2)S(=O)(=O)c2c(C)nn(C)c2C)c1. The number of nitrogens with zero attached hydrogens (tertiary/aromatic N) is 3. The Hall–Kier alpha value is -3.86. The van der Waals surface area contributed by atoms with Gasteiger partial charge in [0, 0.05) is 12.7 Å². The molecular formula is C24H28N4O6S. The van der Waals surface area contributed by atoms with Gasteiger partial charge in [-0.25, -0.2) is 13.2 Å². The summed E-state index contributed by atoms with van der Waals surface area (Å²) in [5, 5.41) is 6.88. The summed E-state index contributed by atoms with van der Waals surface area (Å²) < 4.78 is 40.2. The van der Waals surface area contributed by atoms with E-state index in [9.17, 15) is 18.0 Å². The van der Waals surface area contributed by atoms with Crippen LogP contribution in [0.15, 0.2) is 53.4 Å². The summed E-state index contributed by atoms with van der Waals surface area (Å²) in [7, 11) is -0.997. The Morgan fingerprint density at radius 1 is 1.11 bits per heavy atom. The summed E-state index contributed by atoms with van der Waals surface area (Å²) in [4.78, 5) is 25.0. The number of aryl methyl sites for hydroxylation is 2. The predicted molar refractivity (Wildman–Crippen MR) is 131 cm³/mol. The fourth-order valence-electron chi connectivity index (χ4n) is 3.57. The van der Waals surface area contributed by atoms with Crippen molar-refractivity contribution >= 4 is 33.3 Å². The van der Waals surface area contributed by atoms with Crippen molar-refractivity contribution < 1.29 is 27.5 Å². The van der Waals surface area contributed by atoms with Gasteiger partial charge < -0.3 is 14.8 Å². The lowest BCUT2D eigenvalue weighted by Gasteiger charge is -2.24. The molecule has 3 rings (SSSR count). The molecule has 186 valence electrons. The Bertz CT molecular complexity index is 1330. The van der Waals surface area contributed by atoms with E-state index in [2.05, 4.69) is 10.4 Å². The Balaban J connectivity index is 1.95. The van der Waals surface area contributed by atoms with Gasteiger partial charge in [-0.05, 0) is 63.2 Å². The Morgan fingerprint density at radius 2 is 1.80 bits per heavy atom. The Labute approximate surface area is 204 Å². The molecule has 10 nitrogen and oxygen atoms in total. The first-order chi connectivity index (χ1) is 16.6. The van der Waals surface area contributed by atoms with Crippen LogP contribution in [0.5, 0.6) is 5.75 Å². The number of carbonyl (C=O) groups excluding carboxylic acids is 2. The van der Waals surface area contributed by atoms with E-state index in [0.717, 1.165) is 4.31 Å². The predicted octanol–water partition coefficient (Wildman–Crippen LogP) is 3.06. The number of hydrogen-bond donors (Lipinski definition) is 1. The number of sulfonamides is 1. The van der Waals surface area contributed by atoms with E-state index in [-0.39, 0.29) is 22.8 Å². The van der Waals surface area contributed by atoms with E-state index in [1.807, 2.05) is 0 Å². The maximum Gasteiger partial charge on any atom is 0.338 e. The fraction of sp³-hybridized carbons (Fsp3) is 0.292. The van der Waals surface area contributed by atoms with Gasteiger partial charge >= 0.3 is 5.97 Å². The van der Waals surface area contributed by atoms with Crippen LogP contribution in [0.2, 0.25) is 0 Å². The number of rotatable bonds is 9. The highest BCUT2D eigenvalue weighted by molar-refractivity contribution is 7.93. The molecule has 0 fully saturated rings. The highest BCUT2D eigenvalue weighted by atomic mass is 32.2. The molecule has 0 atom stereocenters. The van der Waals surface area contributed by atoms with Crippen LogP contribution in [0.4, 0.5) is 11.4 Å². The van der Waals surface area contributed by atoms with Gasteiger partial charge in [0.1, 0.15) is 17.2 Å². The molecule has 0 unspecified atom stereocenters. The second-order valence-electron chi connectivity index (χ2n) is 7.68. The van der Waals surface area contributed by atoms with Crippen molar-refractivity contribution in [1.82, 2.24) is 9.78 Å². The van der Waals surface area contributed by atoms with Gasteiger partial charge in [0.15, 0.2) is 0 Å². The van der Waals surface area contributed by atoms with Crippen LogP contribution >= 0.6 is 0 Å². The Morgan fingerprint density at radius 3 is 2.37 bits per heavy atom. The molecular weight excluding hydrogens is 472 g/mol. The largest absolute Gasteiger partial charge is 0.497 e. The number of carbonyl (C=O) groups is 2. The normalized spacial score (nSPS) is 11.1. The highest BCUT2D eigenvalue weighted by Gasteiger charge is 2.32. The zero-order valence-electron chi connectivity index (χ0n) is 20.2. The van der Waals surface area contributed by atoms with Crippen molar-refractivity contribution in [3.05, 3.63) is 65.5 Å². The molecule has 0 bridgehead atoms. The quantitative estimate of drug-likeness (QED) is 0.449. The van der Waals surface area contributed by atoms with Crippen molar-refractivity contribution in [3.8, 4) is 5.75 Å². The summed E-state index contributed by atoms with van der Waals surface area (Å²) in [6.07, 6.45) is 0. The number of ether oxygens (including phenoxy) is 2. The van der Waals surface area contributed by atoms with E-state index >= 15 is 0 Å². The minimum atomic E-state index is -4.16. The lowest BCUT2D eigenvalue weighted by Crippen LogP contribution is -2.38. The topological polar surface area (TPSA) is 120 Å². The van der Waals surface area contributed by atoms with Gasteiger partial charge in [-0.1, -0.05) is 6.07 Å². The van der Waals surface area contributed by atoms with Crippen LogP contribution in [0.1, 0.15) is 28.7 Å². The van der Waals surface area contributed by atoms with Gasteiger partial charge in [-0.15, -0.1) is 0 Å². The summed E-state index contributed by atoms with van der Waals surface area (Å²) in [5.74, 6) is -0.571. The number of methoxy groups -OCH3 is 1. The van der Waals surface area contributed by atoms with Gasteiger partial charge in [0.25, 0.3) is 10.0 Å². The molecule has 1 N–H and O–H groups in total. The van der Waals surface area contributed by atoms with E-state index < -0.39 is 28.4 Å². The summed E-state index contributed by atoms with van der Waals surface area (Å²) in [6, 6.07) is 12.6. The summed E-state index contributed by atoms with van der Waals surface area (Å²) >= 11 is 0. The molecule has 2 aromatic carbocycles. The van der Waals surface area contributed by atoms with Crippen LogP contribution in [0.25, 0.3) is 0 Å². The van der Waals surface area contributed by atoms with Crippen molar-refractivity contribution in [2.45, 2.75) is 25.7 Å². The third-order valence-corrected chi connectivity index (χ3v) is 7.32. The molecule has 0 saturated carbocycles. The lowest BCUT2D eigenvalue weighted by molar-refractivity contribution is -0.114. The van der Waals surface area contributed by atoms with Crippen LogP contribution in [0, 0.1) is 13.8 Å². The zero-order valence-corrected chi connectivity index (χ0v) is 21.0. The van der Waals surface area contributed by atoms with E-state index in [1.54, 1.807) is 70.3 Å². The highest BCUT2D eigenvalue weighted by Crippen LogP contribution is 2.29. The molecule has 35 heavy (non-hydrogen) atoms. The smallest absolute Gasteiger partial charge is 0.338 e. The molecule has 11 heteroatoms. The molecule has 1 aromatic heterocycles. The molecule has 1 amide bonds. The first kappa shape index (κ1) is 25.8. The van der Waals surface area contributed by atoms with Crippen molar-refractivity contribution in [1.29, 1.82) is 0 Å². The van der Waals surface area contributed by atoms with Crippen molar-refractivity contribution in [2.24, 2.45) is 7.05 Å². The number of anilines is 2. The van der Waals surface area contributed by atoms with Gasteiger partial charge in [-0.3, -0.25) is 13.8 Å². The van der Waals surface area contributed by atoms with Crippen molar-refractivity contribution in [2.75, 3.05) is 29.9 Å². The van der Waals surface area contributed by atoms with Gasteiger partial charge in [0.2, 0.25) is 5.91 Å². The van der Waals surface area contributed by atoms with E-state index in [4.69, 9.17) is 9.47 Å². The average Bonchev–Trinajstić information content (AvgIpc) is 3.09. The molecule has 3 aromatic rings. The average molecular weight is 501 g/mol. The van der Waals surface area contributed by atoms with Crippen LogP contribution in [-0.2, 0) is 26.6 Å². The number of esters is 1. The summed E-state index contributed by atoms with van der Waals surface area (Å²) in [6.45, 7) is 4.67. The maximum absolute atomic E-state index is 13.7. The second kappa shape index (κ2) is 10.6. The molecule has 0 aliphatic rings. The van der Waals surface area contributed by atoms with Gasteiger partial charge in [-0.2, -0.15) is 5.10 Å². The maximum atomic E-state index is 13.7. The third kappa shape index (κ3) is 5.62. The monoisotopic (exact) mass is 500 g/mol. The van der Waals surface area contributed by atoms with Crippen molar-refractivity contribution in [3.63, 3.8) is 0 Å². The standard InChI is InChI=1S/C24H28N4O6S/c1-6-34-24(30)18-8-7-9-19(14-18)25-22(29)15-28(20-10-12-21(33-5)13-11-20)35(31,32)23-16(2)26-27(4)17(23)3/h7-14H,6,15H2,1-5H3,(H,25,29). The molecule has 0 aliphatic heterocycles. The van der Waals surface area contributed by atoms with E-state index in [0.29, 0.717) is 22.8 Å². The minimum absolute atomic E-state index is 0.0351. The lowest BCUT2D eigenvalue weighted by atomic mass is 10.2.